The molecule has 134 valence electrons. The summed E-state index contributed by atoms with van der Waals surface area (Å²) in [5.74, 6) is 0.861. The van der Waals surface area contributed by atoms with Gasteiger partial charge in [0.15, 0.2) is 10.9 Å². The second-order valence-electron chi connectivity index (χ2n) is 5.43. The summed E-state index contributed by atoms with van der Waals surface area (Å²) in [4.78, 5) is 13.4. The highest BCUT2D eigenvalue weighted by atomic mass is 127. The Morgan fingerprint density at radius 2 is 2.12 bits per heavy atom. The summed E-state index contributed by atoms with van der Waals surface area (Å²) in [5, 5.41) is 5.42. The van der Waals surface area contributed by atoms with E-state index >= 15 is 0 Å². The molecule has 0 fully saturated rings. The van der Waals surface area contributed by atoms with Crippen molar-refractivity contribution in [3.05, 3.63) is 53.3 Å². The number of benzene rings is 1. The first kappa shape index (κ1) is 20.1. The molecule has 8 heteroatoms. The summed E-state index contributed by atoms with van der Waals surface area (Å²) in [6.45, 7) is 1.48. The lowest BCUT2D eigenvalue weighted by molar-refractivity contribution is 0.476. The van der Waals surface area contributed by atoms with E-state index in [-0.39, 0.29) is 24.0 Å². The van der Waals surface area contributed by atoms with Gasteiger partial charge in [0.05, 0.1) is 12.2 Å². The standard InChI is InChI=1S/C17H21N5S2.HI/c1-18-16(19-10-14-12-22-8-9-24-17(22)20-14)21(2)11-13-4-6-15(23-3)7-5-13;/h4-9,12H,10-11H2,1-3H3,(H,18,19);1H. The molecule has 3 aromatic rings. The summed E-state index contributed by atoms with van der Waals surface area (Å²) in [6, 6.07) is 8.64. The topological polar surface area (TPSA) is 44.9 Å². The van der Waals surface area contributed by atoms with Crippen molar-refractivity contribution < 1.29 is 0 Å². The van der Waals surface area contributed by atoms with Gasteiger partial charge in [-0.15, -0.1) is 47.1 Å². The fraction of sp³-hybridized carbons (Fsp3) is 0.294. The highest BCUT2D eigenvalue weighted by Gasteiger charge is 2.08. The normalized spacial score (nSPS) is 11.4. The quantitative estimate of drug-likeness (QED) is 0.256. The average Bonchev–Trinajstić information content (AvgIpc) is 3.17. The molecule has 0 unspecified atom stereocenters. The van der Waals surface area contributed by atoms with E-state index in [4.69, 9.17) is 0 Å². The predicted molar refractivity (Wildman–Crippen MR) is 118 cm³/mol. The van der Waals surface area contributed by atoms with E-state index in [9.17, 15) is 0 Å². The minimum absolute atomic E-state index is 0. The summed E-state index contributed by atoms with van der Waals surface area (Å²) in [6.07, 6.45) is 6.16. The maximum atomic E-state index is 4.58. The van der Waals surface area contributed by atoms with Crippen molar-refractivity contribution in [1.29, 1.82) is 0 Å². The Bertz CT molecular complexity index is 797. The van der Waals surface area contributed by atoms with Crippen molar-refractivity contribution in [2.45, 2.75) is 18.0 Å². The highest BCUT2D eigenvalue weighted by molar-refractivity contribution is 14.0. The molecule has 2 heterocycles. The summed E-state index contributed by atoms with van der Waals surface area (Å²) >= 11 is 3.40. The Morgan fingerprint density at radius 3 is 2.76 bits per heavy atom. The predicted octanol–water partition coefficient (Wildman–Crippen LogP) is 3.94. The van der Waals surface area contributed by atoms with Gasteiger partial charge in [-0.1, -0.05) is 12.1 Å². The smallest absolute Gasteiger partial charge is 0.194 e. The van der Waals surface area contributed by atoms with Gasteiger partial charge >= 0.3 is 0 Å². The molecular formula is C17H22IN5S2. The maximum Gasteiger partial charge on any atom is 0.194 e. The van der Waals surface area contributed by atoms with E-state index in [1.165, 1.54) is 10.5 Å². The lowest BCUT2D eigenvalue weighted by Crippen LogP contribution is -2.38. The number of aromatic nitrogens is 2. The van der Waals surface area contributed by atoms with Crippen molar-refractivity contribution in [3.63, 3.8) is 0 Å². The molecule has 0 aliphatic rings. The first-order valence-electron chi connectivity index (χ1n) is 7.65. The highest BCUT2D eigenvalue weighted by Crippen LogP contribution is 2.15. The molecule has 0 amide bonds. The van der Waals surface area contributed by atoms with Crippen LogP contribution in [-0.4, -0.2) is 40.6 Å². The summed E-state index contributed by atoms with van der Waals surface area (Å²) in [7, 11) is 3.85. The molecule has 0 atom stereocenters. The van der Waals surface area contributed by atoms with Crippen molar-refractivity contribution in [1.82, 2.24) is 19.6 Å². The molecule has 1 N–H and O–H groups in total. The van der Waals surface area contributed by atoms with Crippen molar-refractivity contribution >= 4 is 58.0 Å². The average molecular weight is 487 g/mol. The van der Waals surface area contributed by atoms with Gasteiger partial charge in [0, 0.05) is 43.3 Å². The molecule has 0 aliphatic heterocycles. The molecule has 2 aromatic heterocycles. The number of halogens is 1. The number of aliphatic imine (C=N–C) groups is 1. The fourth-order valence-electron chi connectivity index (χ4n) is 2.50. The van der Waals surface area contributed by atoms with Crippen molar-refractivity contribution in [3.8, 4) is 0 Å². The van der Waals surface area contributed by atoms with Gasteiger partial charge in [0.1, 0.15) is 0 Å². The first-order chi connectivity index (χ1) is 11.7. The molecule has 0 spiro atoms. The van der Waals surface area contributed by atoms with Gasteiger partial charge in [0.25, 0.3) is 0 Å². The van der Waals surface area contributed by atoms with Gasteiger partial charge in [-0.3, -0.25) is 9.39 Å². The maximum absolute atomic E-state index is 4.58. The van der Waals surface area contributed by atoms with E-state index in [2.05, 4.69) is 50.7 Å². The number of imidazole rings is 1. The summed E-state index contributed by atoms with van der Waals surface area (Å²) < 4.78 is 2.04. The number of nitrogens with zero attached hydrogens (tertiary/aromatic N) is 4. The van der Waals surface area contributed by atoms with Crippen LogP contribution >= 0.6 is 47.1 Å². The van der Waals surface area contributed by atoms with Crippen LogP contribution in [0.3, 0.4) is 0 Å². The minimum atomic E-state index is 0. The van der Waals surface area contributed by atoms with E-state index in [1.807, 2.05) is 29.2 Å². The lowest BCUT2D eigenvalue weighted by Gasteiger charge is -2.22. The number of hydrogen-bond acceptors (Lipinski definition) is 4. The zero-order chi connectivity index (χ0) is 16.9. The number of guanidine groups is 1. The van der Waals surface area contributed by atoms with Crippen LogP contribution in [0.25, 0.3) is 4.96 Å². The number of thioether (sulfide) groups is 1. The van der Waals surface area contributed by atoms with Crippen LogP contribution in [0, 0.1) is 0 Å². The van der Waals surface area contributed by atoms with Crippen LogP contribution in [0.2, 0.25) is 0 Å². The van der Waals surface area contributed by atoms with Crippen LogP contribution in [0.4, 0.5) is 0 Å². The molecule has 0 saturated carbocycles. The monoisotopic (exact) mass is 487 g/mol. The molecule has 5 nitrogen and oxygen atoms in total. The van der Waals surface area contributed by atoms with Crippen molar-refractivity contribution in [2.75, 3.05) is 20.4 Å². The van der Waals surface area contributed by atoms with Crippen LogP contribution < -0.4 is 5.32 Å². The first-order valence-corrected chi connectivity index (χ1v) is 9.76. The Kier molecular flexibility index (Phi) is 7.57. The van der Waals surface area contributed by atoms with Gasteiger partial charge in [-0.25, -0.2) is 4.98 Å². The number of hydrogen-bond donors (Lipinski definition) is 1. The number of thiazole rings is 1. The minimum Gasteiger partial charge on any atom is -0.351 e. The Hall–Kier alpha value is -1.26. The summed E-state index contributed by atoms with van der Waals surface area (Å²) in [5.41, 5.74) is 2.28. The third-order valence-electron chi connectivity index (χ3n) is 3.72. The zero-order valence-electron chi connectivity index (χ0n) is 14.5. The molecule has 0 radical (unpaired) electrons. The van der Waals surface area contributed by atoms with E-state index in [1.54, 1.807) is 30.1 Å². The van der Waals surface area contributed by atoms with Crippen LogP contribution in [0.15, 0.2) is 51.9 Å². The molecule has 0 saturated heterocycles. The van der Waals surface area contributed by atoms with Gasteiger partial charge < -0.3 is 10.2 Å². The third-order valence-corrected chi connectivity index (χ3v) is 5.24. The van der Waals surface area contributed by atoms with Gasteiger partial charge in [-0.05, 0) is 24.0 Å². The second-order valence-corrected chi connectivity index (χ2v) is 7.18. The molecule has 25 heavy (non-hydrogen) atoms. The zero-order valence-corrected chi connectivity index (χ0v) is 18.4. The van der Waals surface area contributed by atoms with Crippen LogP contribution in [0.5, 0.6) is 0 Å². The van der Waals surface area contributed by atoms with Crippen molar-refractivity contribution in [2.24, 2.45) is 4.99 Å². The Labute approximate surface area is 173 Å². The molecule has 1 aromatic carbocycles. The second kappa shape index (κ2) is 9.44. The van der Waals surface area contributed by atoms with Crippen LogP contribution in [-0.2, 0) is 13.1 Å². The number of nitrogens with one attached hydrogen (secondary N) is 1. The molecule has 3 rings (SSSR count). The van der Waals surface area contributed by atoms with Gasteiger partial charge in [-0.2, -0.15) is 0 Å². The lowest BCUT2D eigenvalue weighted by atomic mass is 10.2. The van der Waals surface area contributed by atoms with E-state index in [0.717, 1.165) is 23.2 Å². The number of fused-ring (bicyclic) bond motifs is 1. The largest absolute Gasteiger partial charge is 0.351 e. The third kappa shape index (κ3) is 5.11. The van der Waals surface area contributed by atoms with Gasteiger partial charge in [0.2, 0.25) is 0 Å². The fourth-order valence-corrected chi connectivity index (χ4v) is 3.62. The SMILES string of the molecule is CN=C(NCc1cn2ccsc2n1)N(C)Cc1ccc(SC)cc1.I. The Morgan fingerprint density at radius 1 is 1.36 bits per heavy atom. The Balaban J connectivity index is 0.00000225. The van der Waals surface area contributed by atoms with E-state index < -0.39 is 0 Å². The van der Waals surface area contributed by atoms with E-state index in [0.29, 0.717) is 6.54 Å². The van der Waals surface area contributed by atoms with Crippen LogP contribution in [0.1, 0.15) is 11.3 Å². The molecular weight excluding hydrogens is 465 g/mol. The number of rotatable bonds is 5. The molecule has 0 aliphatic carbocycles. The molecule has 0 bridgehead atoms.